The van der Waals surface area contributed by atoms with Gasteiger partial charge in [0.1, 0.15) is 5.54 Å². The largest absolute Gasteiger partial charge is 0.454 e. The van der Waals surface area contributed by atoms with Crippen LogP contribution in [0.4, 0.5) is 4.79 Å². The number of imide groups is 1. The first-order valence-corrected chi connectivity index (χ1v) is 10.1. The molecular weight excluding hydrogens is 386 g/mol. The second-order valence-electron chi connectivity index (χ2n) is 8.38. The lowest BCUT2D eigenvalue weighted by Crippen LogP contribution is -2.46. The molecule has 1 saturated carbocycles. The maximum Gasteiger partial charge on any atom is 0.325 e. The van der Waals surface area contributed by atoms with E-state index in [0.29, 0.717) is 17.1 Å². The number of hydrogen-bond donors (Lipinski definition) is 1. The molecule has 2 aromatic rings. The topological polar surface area (TPSA) is 89.9 Å². The van der Waals surface area contributed by atoms with E-state index in [1.807, 2.05) is 36.6 Å². The number of carbonyl (C=O) groups excluding carboxylic acids is 3. The molecule has 3 heterocycles. The van der Waals surface area contributed by atoms with E-state index in [4.69, 9.17) is 9.47 Å². The first kappa shape index (κ1) is 18.7. The number of rotatable bonds is 5. The molecule has 1 saturated heterocycles. The normalized spacial score (nSPS) is 22.6. The molecule has 5 rings (SSSR count). The molecule has 1 N–H and O–H groups in total. The molecule has 8 heteroatoms. The van der Waals surface area contributed by atoms with Crippen LogP contribution in [-0.2, 0) is 4.79 Å². The lowest BCUT2D eigenvalue weighted by molar-refractivity contribution is -0.131. The number of benzene rings is 1. The van der Waals surface area contributed by atoms with E-state index in [0.717, 1.165) is 34.8 Å². The number of amides is 3. The zero-order chi connectivity index (χ0) is 21.2. The Labute approximate surface area is 173 Å². The van der Waals surface area contributed by atoms with E-state index in [2.05, 4.69) is 5.32 Å². The molecule has 1 aromatic carbocycles. The third-order valence-corrected chi connectivity index (χ3v) is 6.34. The number of nitrogens with zero attached hydrogens (tertiary/aromatic N) is 2. The summed E-state index contributed by atoms with van der Waals surface area (Å²) in [6, 6.07) is 6.91. The quantitative estimate of drug-likeness (QED) is 0.606. The molecule has 2 aliphatic heterocycles. The summed E-state index contributed by atoms with van der Waals surface area (Å²) in [6.07, 6.45) is 1.84. The van der Waals surface area contributed by atoms with E-state index in [1.54, 1.807) is 13.0 Å². The number of aryl methyl sites for hydroxylation is 1. The van der Waals surface area contributed by atoms with Crippen molar-refractivity contribution < 1.29 is 23.9 Å². The Morgan fingerprint density at radius 3 is 2.63 bits per heavy atom. The van der Waals surface area contributed by atoms with Gasteiger partial charge < -0.3 is 19.4 Å². The van der Waals surface area contributed by atoms with Crippen LogP contribution in [0.5, 0.6) is 11.5 Å². The van der Waals surface area contributed by atoms with Crippen molar-refractivity contribution in [3.63, 3.8) is 0 Å². The van der Waals surface area contributed by atoms with Gasteiger partial charge in [0.05, 0.1) is 6.54 Å². The van der Waals surface area contributed by atoms with Crippen molar-refractivity contribution >= 4 is 17.7 Å². The van der Waals surface area contributed by atoms with Crippen LogP contribution in [0.25, 0.3) is 5.69 Å². The van der Waals surface area contributed by atoms with Gasteiger partial charge in [0.15, 0.2) is 17.3 Å². The summed E-state index contributed by atoms with van der Waals surface area (Å²) in [5.41, 5.74) is 2.07. The molecule has 0 bridgehead atoms. The van der Waals surface area contributed by atoms with Crippen molar-refractivity contribution in [3.8, 4) is 17.2 Å². The van der Waals surface area contributed by atoms with Gasteiger partial charge >= 0.3 is 6.03 Å². The molecule has 1 atom stereocenters. The highest BCUT2D eigenvalue weighted by molar-refractivity contribution is 6.11. The number of Topliss-reactive ketones (excluding diaryl/α,β-unsaturated/α-hetero) is 1. The molecule has 0 unspecified atom stereocenters. The van der Waals surface area contributed by atoms with Crippen LogP contribution in [0.15, 0.2) is 24.3 Å². The fourth-order valence-corrected chi connectivity index (χ4v) is 4.49. The van der Waals surface area contributed by atoms with Gasteiger partial charge in [0, 0.05) is 28.7 Å². The standard InChI is InChI=1S/C22H23N3O5/c1-12-8-16(13(2)25(12)15-6-7-18-19(9-15)30-11-29-18)17(26)10-24-20(27)22(3,14-4-5-14)23-21(24)28/h6-9,14H,4-5,10-11H2,1-3H3,(H,23,28)/t22-/m1/s1. The summed E-state index contributed by atoms with van der Waals surface area (Å²) in [7, 11) is 0. The zero-order valence-electron chi connectivity index (χ0n) is 17.2. The third-order valence-electron chi connectivity index (χ3n) is 6.34. The highest BCUT2D eigenvalue weighted by Crippen LogP contribution is 2.42. The van der Waals surface area contributed by atoms with Gasteiger partial charge in [-0.05, 0) is 57.7 Å². The fourth-order valence-electron chi connectivity index (χ4n) is 4.49. The molecule has 3 amide bonds. The predicted octanol–water partition coefficient (Wildman–Crippen LogP) is 2.73. The van der Waals surface area contributed by atoms with Crippen LogP contribution in [0.1, 0.15) is 41.5 Å². The number of hydrogen-bond acceptors (Lipinski definition) is 5. The minimum atomic E-state index is -0.888. The van der Waals surface area contributed by atoms with Crippen molar-refractivity contribution in [2.24, 2.45) is 5.92 Å². The van der Waals surface area contributed by atoms with Crippen LogP contribution in [-0.4, -0.2) is 46.1 Å². The lowest BCUT2D eigenvalue weighted by atomic mass is 9.96. The maximum absolute atomic E-state index is 13.1. The van der Waals surface area contributed by atoms with Crippen molar-refractivity contribution in [3.05, 3.63) is 41.2 Å². The van der Waals surface area contributed by atoms with Gasteiger partial charge in [0.25, 0.3) is 5.91 Å². The summed E-state index contributed by atoms with van der Waals surface area (Å²) >= 11 is 0. The maximum atomic E-state index is 13.1. The second kappa shape index (κ2) is 6.35. The van der Waals surface area contributed by atoms with Crippen molar-refractivity contribution in [1.29, 1.82) is 0 Å². The summed E-state index contributed by atoms with van der Waals surface area (Å²) in [5.74, 6) is 0.929. The van der Waals surface area contributed by atoms with Crippen LogP contribution in [0.3, 0.4) is 0 Å². The smallest absolute Gasteiger partial charge is 0.325 e. The molecule has 3 aliphatic rings. The minimum Gasteiger partial charge on any atom is -0.454 e. The van der Waals surface area contributed by atoms with Crippen LogP contribution >= 0.6 is 0 Å². The minimum absolute atomic E-state index is 0.158. The van der Waals surface area contributed by atoms with Gasteiger partial charge in [-0.2, -0.15) is 0 Å². The van der Waals surface area contributed by atoms with Crippen LogP contribution < -0.4 is 14.8 Å². The summed E-state index contributed by atoms with van der Waals surface area (Å²) in [6.45, 7) is 5.44. The van der Waals surface area contributed by atoms with Gasteiger partial charge in [-0.1, -0.05) is 0 Å². The summed E-state index contributed by atoms with van der Waals surface area (Å²) < 4.78 is 12.8. The third kappa shape index (κ3) is 2.70. The second-order valence-corrected chi connectivity index (χ2v) is 8.38. The van der Waals surface area contributed by atoms with E-state index in [1.165, 1.54) is 0 Å². The molecular formula is C22H23N3O5. The van der Waals surface area contributed by atoms with Crippen LogP contribution in [0, 0.1) is 19.8 Å². The molecule has 8 nitrogen and oxygen atoms in total. The number of ether oxygens (including phenoxy) is 2. The van der Waals surface area contributed by atoms with Crippen molar-refractivity contribution in [2.75, 3.05) is 13.3 Å². The summed E-state index contributed by atoms with van der Waals surface area (Å²) in [4.78, 5) is 39.3. The SMILES string of the molecule is Cc1cc(C(=O)CN2C(=O)N[C@](C)(C3CC3)C2=O)c(C)n1-c1ccc2c(c1)OCO2. The highest BCUT2D eigenvalue weighted by Gasteiger charge is 2.56. The number of ketones is 1. The Morgan fingerprint density at radius 2 is 1.90 bits per heavy atom. The first-order valence-electron chi connectivity index (χ1n) is 10.1. The number of carbonyl (C=O) groups is 3. The molecule has 1 aromatic heterocycles. The number of urea groups is 1. The Hall–Kier alpha value is -3.29. The molecule has 156 valence electrons. The highest BCUT2D eigenvalue weighted by atomic mass is 16.7. The number of nitrogens with one attached hydrogen (secondary N) is 1. The number of aromatic nitrogens is 1. The van der Waals surface area contributed by atoms with Gasteiger partial charge in [-0.15, -0.1) is 0 Å². The Balaban J connectivity index is 1.41. The first-order chi connectivity index (χ1) is 14.3. The molecule has 0 radical (unpaired) electrons. The fraction of sp³-hybridized carbons (Fsp3) is 0.409. The molecule has 0 spiro atoms. The lowest BCUT2D eigenvalue weighted by Gasteiger charge is -2.20. The van der Waals surface area contributed by atoms with E-state index < -0.39 is 11.6 Å². The number of fused-ring (bicyclic) bond motifs is 1. The van der Waals surface area contributed by atoms with Crippen LogP contribution in [0.2, 0.25) is 0 Å². The van der Waals surface area contributed by atoms with Gasteiger partial charge in [0.2, 0.25) is 6.79 Å². The average Bonchev–Trinajstić information content (AvgIpc) is 3.34. The van der Waals surface area contributed by atoms with Crippen molar-refractivity contribution in [1.82, 2.24) is 14.8 Å². The monoisotopic (exact) mass is 409 g/mol. The summed E-state index contributed by atoms with van der Waals surface area (Å²) in [5, 5.41) is 2.78. The zero-order valence-corrected chi connectivity index (χ0v) is 17.2. The van der Waals surface area contributed by atoms with E-state index in [9.17, 15) is 14.4 Å². The molecule has 1 aliphatic carbocycles. The molecule has 2 fully saturated rings. The Morgan fingerprint density at radius 1 is 1.17 bits per heavy atom. The predicted molar refractivity (Wildman–Crippen MR) is 107 cm³/mol. The van der Waals surface area contributed by atoms with Crippen molar-refractivity contribution in [2.45, 2.75) is 39.2 Å². The average molecular weight is 409 g/mol. The van der Waals surface area contributed by atoms with E-state index in [-0.39, 0.29) is 30.9 Å². The van der Waals surface area contributed by atoms with Gasteiger partial charge in [-0.25, -0.2) is 4.79 Å². The van der Waals surface area contributed by atoms with Gasteiger partial charge in [-0.3, -0.25) is 14.5 Å². The molecule has 30 heavy (non-hydrogen) atoms. The van der Waals surface area contributed by atoms with E-state index >= 15 is 0 Å². The Bertz CT molecular complexity index is 1100. The Kier molecular flexibility index (Phi) is 3.96.